The molecule has 1 heterocycles. The Kier molecular flexibility index (Phi) is 5.50. The van der Waals surface area contributed by atoms with E-state index in [2.05, 4.69) is 62.1 Å². The van der Waals surface area contributed by atoms with Crippen molar-refractivity contribution in [1.29, 1.82) is 0 Å². The Morgan fingerprint density at radius 1 is 1.05 bits per heavy atom. The first-order chi connectivity index (χ1) is 10.3. The van der Waals surface area contributed by atoms with Gasteiger partial charge in [-0.15, -0.1) is 0 Å². The van der Waals surface area contributed by atoms with Crippen molar-refractivity contribution < 1.29 is 0 Å². The molecule has 1 aliphatic carbocycles. The van der Waals surface area contributed by atoms with Crippen LogP contribution in [0.15, 0.2) is 40.9 Å². The minimum Gasteiger partial charge on any atom is -0.301 e. The van der Waals surface area contributed by atoms with Gasteiger partial charge in [0.2, 0.25) is 0 Å². The molecule has 0 aromatic heterocycles. The number of rotatable bonds is 4. The number of piperazine rings is 1. The van der Waals surface area contributed by atoms with Crippen molar-refractivity contribution in [3.05, 3.63) is 46.5 Å². The van der Waals surface area contributed by atoms with Crippen LogP contribution in [0.3, 0.4) is 0 Å². The summed E-state index contributed by atoms with van der Waals surface area (Å²) in [5.41, 5.74) is 1.41. The van der Waals surface area contributed by atoms with E-state index in [1.165, 1.54) is 62.0 Å². The zero-order valence-electron chi connectivity index (χ0n) is 12.7. The lowest BCUT2D eigenvalue weighted by atomic mass is 9.94. The fourth-order valence-corrected chi connectivity index (χ4v) is 3.86. The maximum absolute atomic E-state index is 3.56. The molecule has 2 nitrogen and oxygen atoms in total. The normalized spacial score (nSPS) is 24.3. The first-order valence-electron chi connectivity index (χ1n) is 8.14. The Hall–Kier alpha value is -0.640. The second-order valence-electron chi connectivity index (χ2n) is 6.36. The Balaban J connectivity index is 1.43. The molecule has 1 fully saturated rings. The molecule has 3 rings (SSSR count). The highest BCUT2D eigenvalue weighted by Crippen LogP contribution is 2.20. The number of allylic oxidation sites excluding steroid dienone is 2. The van der Waals surface area contributed by atoms with E-state index in [1.807, 2.05) is 0 Å². The maximum atomic E-state index is 3.56. The number of benzene rings is 1. The van der Waals surface area contributed by atoms with E-state index in [0.717, 1.165) is 12.5 Å². The van der Waals surface area contributed by atoms with Crippen LogP contribution in [0.2, 0.25) is 0 Å². The predicted octanol–water partition coefficient (Wildman–Crippen LogP) is 3.92. The largest absolute Gasteiger partial charge is 0.301 e. The van der Waals surface area contributed by atoms with Gasteiger partial charge in [-0.3, -0.25) is 4.90 Å². The van der Waals surface area contributed by atoms with Gasteiger partial charge in [0.05, 0.1) is 0 Å². The van der Waals surface area contributed by atoms with Gasteiger partial charge in [-0.05, 0) is 42.9 Å². The number of hydrogen-bond acceptors (Lipinski definition) is 2. The lowest BCUT2D eigenvalue weighted by Gasteiger charge is -2.36. The summed E-state index contributed by atoms with van der Waals surface area (Å²) < 4.78 is 1.18. The van der Waals surface area contributed by atoms with Gasteiger partial charge in [0, 0.05) is 43.7 Å². The molecule has 0 radical (unpaired) electrons. The molecule has 1 aromatic rings. The number of hydrogen-bond donors (Lipinski definition) is 0. The zero-order chi connectivity index (χ0) is 14.5. The van der Waals surface area contributed by atoms with Crippen LogP contribution < -0.4 is 0 Å². The van der Waals surface area contributed by atoms with Crippen molar-refractivity contribution in [2.75, 3.05) is 32.7 Å². The SMILES string of the molecule is Brc1cccc(CN2CCN(C[C@H]3CC=CCC3)CC2)c1. The lowest BCUT2D eigenvalue weighted by Crippen LogP contribution is -2.47. The summed E-state index contributed by atoms with van der Waals surface area (Å²) in [4.78, 5) is 5.25. The average molecular weight is 349 g/mol. The zero-order valence-corrected chi connectivity index (χ0v) is 14.3. The van der Waals surface area contributed by atoms with E-state index in [1.54, 1.807) is 0 Å². The second kappa shape index (κ2) is 7.57. The summed E-state index contributed by atoms with van der Waals surface area (Å²) in [7, 11) is 0. The van der Waals surface area contributed by atoms with E-state index >= 15 is 0 Å². The van der Waals surface area contributed by atoms with Gasteiger partial charge in [0.15, 0.2) is 0 Å². The van der Waals surface area contributed by atoms with Gasteiger partial charge in [0.1, 0.15) is 0 Å². The molecule has 21 heavy (non-hydrogen) atoms. The van der Waals surface area contributed by atoms with E-state index in [9.17, 15) is 0 Å². The fraction of sp³-hybridized carbons (Fsp3) is 0.556. The highest BCUT2D eigenvalue weighted by atomic mass is 79.9. The Morgan fingerprint density at radius 2 is 1.86 bits per heavy atom. The Bertz CT molecular complexity index is 478. The van der Waals surface area contributed by atoms with Crippen molar-refractivity contribution >= 4 is 15.9 Å². The molecule has 1 atom stereocenters. The number of nitrogens with zero attached hydrogens (tertiary/aromatic N) is 2. The van der Waals surface area contributed by atoms with Crippen LogP contribution >= 0.6 is 15.9 Å². The average Bonchev–Trinajstić information content (AvgIpc) is 2.50. The van der Waals surface area contributed by atoms with Gasteiger partial charge < -0.3 is 4.90 Å². The van der Waals surface area contributed by atoms with Crippen molar-refractivity contribution in [3.8, 4) is 0 Å². The van der Waals surface area contributed by atoms with Gasteiger partial charge >= 0.3 is 0 Å². The second-order valence-corrected chi connectivity index (χ2v) is 7.27. The van der Waals surface area contributed by atoms with E-state index in [0.29, 0.717) is 0 Å². The van der Waals surface area contributed by atoms with Crippen LogP contribution in [0.5, 0.6) is 0 Å². The van der Waals surface area contributed by atoms with E-state index in [4.69, 9.17) is 0 Å². The standard InChI is InChI=1S/C18H25BrN2/c19-18-8-4-7-17(13-18)15-21-11-9-20(10-12-21)14-16-5-2-1-3-6-16/h1-2,4,7-8,13,16H,3,5-6,9-12,14-15H2/t16-/m0/s1. The van der Waals surface area contributed by atoms with Crippen LogP contribution in [-0.2, 0) is 6.54 Å². The summed E-state index contributed by atoms with van der Waals surface area (Å²) in [6.45, 7) is 7.25. The fourth-order valence-electron chi connectivity index (χ4n) is 3.41. The molecule has 0 amide bonds. The highest BCUT2D eigenvalue weighted by Gasteiger charge is 2.20. The molecule has 0 N–H and O–H groups in total. The third-order valence-corrected chi connectivity index (χ3v) is 5.15. The minimum absolute atomic E-state index is 0.895. The molecule has 0 spiro atoms. The van der Waals surface area contributed by atoms with Crippen LogP contribution in [0.25, 0.3) is 0 Å². The molecular weight excluding hydrogens is 324 g/mol. The first kappa shape index (κ1) is 15.3. The van der Waals surface area contributed by atoms with E-state index in [-0.39, 0.29) is 0 Å². The van der Waals surface area contributed by atoms with Crippen molar-refractivity contribution in [1.82, 2.24) is 9.80 Å². The summed E-state index contributed by atoms with van der Waals surface area (Å²) in [6, 6.07) is 8.69. The first-order valence-corrected chi connectivity index (χ1v) is 8.93. The summed E-state index contributed by atoms with van der Waals surface area (Å²) in [6.07, 6.45) is 8.67. The third-order valence-electron chi connectivity index (χ3n) is 4.65. The van der Waals surface area contributed by atoms with Crippen LogP contribution in [0.4, 0.5) is 0 Å². The van der Waals surface area contributed by atoms with Crippen molar-refractivity contribution in [3.63, 3.8) is 0 Å². The molecule has 114 valence electrons. The van der Waals surface area contributed by atoms with Crippen LogP contribution in [-0.4, -0.2) is 42.5 Å². The number of halogens is 1. The molecule has 0 saturated carbocycles. The summed E-state index contributed by atoms with van der Waals surface area (Å²) in [5.74, 6) is 0.895. The maximum Gasteiger partial charge on any atom is 0.0235 e. The van der Waals surface area contributed by atoms with Gasteiger partial charge in [-0.2, -0.15) is 0 Å². The Labute approximate surface area is 136 Å². The quantitative estimate of drug-likeness (QED) is 0.760. The van der Waals surface area contributed by atoms with E-state index < -0.39 is 0 Å². The molecule has 0 bridgehead atoms. The molecule has 3 heteroatoms. The Morgan fingerprint density at radius 3 is 2.57 bits per heavy atom. The smallest absolute Gasteiger partial charge is 0.0235 e. The topological polar surface area (TPSA) is 6.48 Å². The van der Waals surface area contributed by atoms with Gasteiger partial charge in [0.25, 0.3) is 0 Å². The molecule has 1 aliphatic heterocycles. The molecule has 0 unspecified atom stereocenters. The molecular formula is C18H25BrN2. The van der Waals surface area contributed by atoms with Crippen molar-refractivity contribution in [2.45, 2.75) is 25.8 Å². The minimum atomic E-state index is 0.895. The van der Waals surface area contributed by atoms with Crippen LogP contribution in [0, 0.1) is 5.92 Å². The van der Waals surface area contributed by atoms with Crippen molar-refractivity contribution in [2.24, 2.45) is 5.92 Å². The third kappa shape index (κ3) is 4.67. The summed E-state index contributed by atoms with van der Waals surface area (Å²) >= 11 is 3.56. The predicted molar refractivity (Wildman–Crippen MR) is 92.3 cm³/mol. The van der Waals surface area contributed by atoms with Crippen LogP contribution in [0.1, 0.15) is 24.8 Å². The van der Waals surface area contributed by atoms with Gasteiger partial charge in [-0.25, -0.2) is 0 Å². The monoisotopic (exact) mass is 348 g/mol. The molecule has 1 aromatic carbocycles. The van der Waals surface area contributed by atoms with Gasteiger partial charge in [-0.1, -0.05) is 40.2 Å². The molecule has 1 saturated heterocycles. The molecule has 2 aliphatic rings. The summed E-state index contributed by atoms with van der Waals surface area (Å²) in [5, 5.41) is 0. The lowest BCUT2D eigenvalue weighted by molar-refractivity contribution is 0.111. The highest BCUT2D eigenvalue weighted by molar-refractivity contribution is 9.10.